The van der Waals surface area contributed by atoms with E-state index in [0.717, 1.165) is 31.9 Å². The molecule has 2 rings (SSSR count). The van der Waals surface area contributed by atoms with Gasteiger partial charge in [0, 0.05) is 0 Å². The third-order valence-electron chi connectivity index (χ3n) is 2.78. The molecule has 0 spiro atoms. The standard InChI is InChI=1S/C13H19N2O2/c16-10-8-14-6-7-15(12-14)9-11-17-13-4-2-1-3-5-13/h1-5,12,16H,6-11H2/q+1. The number of β-amino-alcohol motifs (C(OH)–C–C–N with tert-alkyl or cyclic N) is 1. The summed E-state index contributed by atoms with van der Waals surface area (Å²) < 4.78 is 7.76. The van der Waals surface area contributed by atoms with Gasteiger partial charge in [0.15, 0.2) is 0 Å². The molecule has 0 aliphatic carbocycles. The summed E-state index contributed by atoms with van der Waals surface area (Å²) in [5.41, 5.74) is 0. The SMILES string of the molecule is OCC[N+]1=CN(CCOc2ccccc2)CC1. The largest absolute Gasteiger partial charge is 0.490 e. The maximum atomic E-state index is 8.83. The van der Waals surface area contributed by atoms with E-state index >= 15 is 0 Å². The van der Waals surface area contributed by atoms with Crippen LogP contribution in [0.5, 0.6) is 5.75 Å². The van der Waals surface area contributed by atoms with Crippen molar-refractivity contribution in [1.29, 1.82) is 0 Å². The molecule has 1 aliphatic heterocycles. The summed E-state index contributed by atoms with van der Waals surface area (Å²) in [4.78, 5) is 2.22. The summed E-state index contributed by atoms with van der Waals surface area (Å²) in [6, 6.07) is 9.85. The van der Waals surface area contributed by atoms with Gasteiger partial charge in [-0.1, -0.05) is 18.2 Å². The van der Waals surface area contributed by atoms with E-state index < -0.39 is 0 Å². The van der Waals surface area contributed by atoms with Crippen LogP contribution >= 0.6 is 0 Å². The normalized spacial score (nSPS) is 14.9. The van der Waals surface area contributed by atoms with Gasteiger partial charge in [-0.25, -0.2) is 0 Å². The number of aliphatic hydroxyl groups excluding tert-OH is 1. The first kappa shape index (κ1) is 11.9. The van der Waals surface area contributed by atoms with Gasteiger partial charge < -0.3 is 9.84 Å². The molecule has 0 saturated carbocycles. The number of nitrogens with zero attached hydrogens (tertiary/aromatic N) is 2. The first-order chi connectivity index (χ1) is 8.38. The number of para-hydroxylation sites is 1. The quantitative estimate of drug-likeness (QED) is 0.726. The van der Waals surface area contributed by atoms with Gasteiger partial charge in [-0.15, -0.1) is 0 Å². The predicted molar refractivity (Wildman–Crippen MR) is 66.7 cm³/mol. The van der Waals surface area contributed by atoms with Crippen molar-refractivity contribution in [1.82, 2.24) is 4.90 Å². The fraction of sp³-hybridized carbons (Fsp3) is 0.462. The highest BCUT2D eigenvalue weighted by molar-refractivity contribution is 5.50. The van der Waals surface area contributed by atoms with Crippen molar-refractivity contribution in [2.45, 2.75) is 0 Å². The molecule has 0 fully saturated rings. The topological polar surface area (TPSA) is 35.7 Å². The van der Waals surface area contributed by atoms with Crippen LogP contribution in [0.2, 0.25) is 0 Å². The average molecular weight is 235 g/mol. The molecule has 92 valence electrons. The number of aliphatic hydroxyl groups is 1. The summed E-state index contributed by atoms with van der Waals surface area (Å²) in [5.74, 6) is 0.916. The van der Waals surface area contributed by atoms with Gasteiger partial charge in [0.1, 0.15) is 38.5 Å². The number of rotatable bonds is 6. The van der Waals surface area contributed by atoms with Gasteiger partial charge in [0.25, 0.3) is 0 Å². The van der Waals surface area contributed by atoms with Gasteiger partial charge in [-0.2, -0.15) is 0 Å². The lowest BCUT2D eigenvalue weighted by Gasteiger charge is -2.08. The zero-order chi connectivity index (χ0) is 11.9. The third-order valence-corrected chi connectivity index (χ3v) is 2.78. The van der Waals surface area contributed by atoms with E-state index in [-0.39, 0.29) is 6.61 Å². The first-order valence-electron chi connectivity index (χ1n) is 6.00. The third kappa shape index (κ3) is 3.75. The van der Waals surface area contributed by atoms with E-state index in [0.29, 0.717) is 6.61 Å². The summed E-state index contributed by atoms with van der Waals surface area (Å²) >= 11 is 0. The van der Waals surface area contributed by atoms with Crippen LogP contribution in [0.25, 0.3) is 0 Å². The molecule has 0 bridgehead atoms. The summed E-state index contributed by atoms with van der Waals surface area (Å²) in [7, 11) is 0. The Hall–Kier alpha value is -1.55. The van der Waals surface area contributed by atoms with Crippen LogP contribution in [-0.4, -0.2) is 60.3 Å². The fourth-order valence-electron chi connectivity index (χ4n) is 1.87. The van der Waals surface area contributed by atoms with Crippen molar-refractivity contribution in [3.05, 3.63) is 30.3 Å². The molecule has 0 atom stereocenters. The zero-order valence-electron chi connectivity index (χ0n) is 9.96. The highest BCUT2D eigenvalue weighted by Crippen LogP contribution is 2.07. The van der Waals surface area contributed by atoms with Crippen molar-refractivity contribution >= 4 is 6.34 Å². The average Bonchev–Trinajstić information content (AvgIpc) is 2.79. The highest BCUT2D eigenvalue weighted by atomic mass is 16.5. The Labute approximate surface area is 102 Å². The van der Waals surface area contributed by atoms with Crippen LogP contribution in [0.1, 0.15) is 0 Å². The number of hydrogen-bond donors (Lipinski definition) is 1. The van der Waals surface area contributed by atoms with Gasteiger partial charge in [0.05, 0.1) is 6.61 Å². The van der Waals surface area contributed by atoms with E-state index in [9.17, 15) is 0 Å². The molecule has 0 unspecified atom stereocenters. The first-order valence-corrected chi connectivity index (χ1v) is 6.00. The van der Waals surface area contributed by atoms with Crippen LogP contribution in [0.4, 0.5) is 0 Å². The lowest BCUT2D eigenvalue weighted by molar-refractivity contribution is -0.516. The van der Waals surface area contributed by atoms with Crippen LogP contribution in [0.3, 0.4) is 0 Å². The van der Waals surface area contributed by atoms with Crippen LogP contribution < -0.4 is 4.74 Å². The van der Waals surface area contributed by atoms with Crippen LogP contribution in [-0.2, 0) is 0 Å². The Morgan fingerprint density at radius 1 is 1.29 bits per heavy atom. The second kappa shape index (κ2) is 6.25. The second-order valence-electron chi connectivity index (χ2n) is 4.07. The molecule has 1 heterocycles. The molecule has 1 aromatic rings. The van der Waals surface area contributed by atoms with E-state index in [4.69, 9.17) is 9.84 Å². The Kier molecular flexibility index (Phi) is 4.38. The Balaban J connectivity index is 1.70. The monoisotopic (exact) mass is 235 g/mol. The van der Waals surface area contributed by atoms with Crippen molar-refractivity contribution in [2.75, 3.05) is 39.4 Å². The summed E-state index contributed by atoms with van der Waals surface area (Å²) in [5, 5.41) is 8.83. The fourth-order valence-corrected chi connectivity index (χ4v) is 1.87. The van der Waals surface area contributed by atoms with E-state index in [1.807, 2.05) is 30.3 Å². The minimum Gasteiger partial charge on any atom is -0.490 e. The number of benzene rings is 1. The van der Waals surface area contributed by atoms with Gasteiger partial charge in [-0.05, 0) is 12.1 Å². The smallest absolute Gasteiger partial charge is 0.234 e. The molecule has 1 N–H and O–H groups in total. The van der Waals surface area contributed by atoms with Crippen molar-refractivity contribution in [3.63, 3.8) is 0 Å². The lowest BCUT2D eigenvalue weighted by atomic mass is 10.3. The minimum atomic E-state index is 0.213. The molecule has 0 aromatic heterocycles. The van der Waals surface area contributed by atoms with Crippen LogP contribution in [0, 0.1) is 0 Å². The maximum Gasteiger partial charge on any atom is 0.234 e. The zero-order valence-corrected chi connectivity index (χ0v) is 9.96. The maximum absolute atomic E-state index is 8.83. The molecular weight excluding hydrogens is 216 g/mol. The van der Waals surface area contributed by atoms with Crippen molar-refractivity contribution < 1.29 is 14.4 Å². The Bertz CT molecular complexity index is 365. The number of ether oxygens (including phenoxy) is 1. The van der Waals surface area contributed by atoms with E-state index in [1.54, 1.807) is 0 Å². The molecule has 0 saturated heterocycles. The van der Waals surface area contributed by atoms with Gasteiger partial charge in [0.2, 0.25) is 6.34 Å². The molecule has 0 amide bonds. The lowest BCUT2D eigenvalue weighted by Crippen LogP contribution is -2.25. The number of hydrogen-bond acceptors (Lipinski definition) is 3. The molecule has 1 aliphatic rings. The minimum absolute atomic E-state index is 0.213. The molecule has 1 aromatic carbocycles. The van der Waals surface area contributed by atoms with Gasteiger partial charge >= 0.3 is 0 Å². The molecular formula is C13H19N2O2+. The molecule has 4 nitrogen and oxygen atoms in total. The molecule has 4 heteroatoms. The van der Waals surface area contributed by atoms with Crippen LogP contribution in [0.15, 0.2) is 30.3 Å². The highest BCUT2D eigenvalue weighted by Gasteiger charge is 2.17. The van der Waals surface area contributed by atoms with E-state index in [2.05, 4.69) is 15.8 Å². The Morgan fingerprint density at radius 2 is 2.12 bits per heavy atom. The molecule has 0 radical (unpaired) electrons. The molecule has 17 heavy (non-hydrogen) atoms. The second-order valence-corrected chi connectivity index (χ2v) is 4.07. The summed E-state index contributed by atoms with van der Waals surface area (Å²) in [6.45, 7) is 4.51. The van der Waals surface area contributed by atoms with Gasteiger partial charge in [-0.3, -0.25) is 9.48 Å². The Morgan fingerprint density at radius 3 is 2.88 bits per heavy atom. The summed E-state index contributed by atoms with van der Waals surface area (Å²) in [6.07, 6.45) is 2.07. The van der Waals surface area contributed by atoms with Crippen molar-refractivity contribution in [3.8, 4) is 5.75 Å². The van der Waals surface area contributed by atoms with E-state index in [1.165, 1.54) is 0 Å². The predicted octanol–water partition coefficient (Wildman–Crippen LogP) is 0.414. The van der Waals surface area contributed by atoms with Crippen molar-refractivity contribution in [2.24, 2.45) is 0 Å².